The first-order chi connectivity index (χ1) is 8.24. The van der Waals surface area contributed by atoms with E-state index >= 15 is 0 Å². The average Bonchev–Trinajstić information content (AvgIpc) is 2.34. The first-order valence-electron chi connectivity index (χ1n) is 6.18. The molecule has 1 aromatic rings. The van der Waals surface area contributed by atoms with Crippen molar-refractivity contribution in [2.75, 3.05) is 13.1 Å². The summed E-state index contributed by atoms with van der Waals surface area (Å²) >= 11 is 0. The van der Waals surface area contributed by atoms with Crippen LogP contribution < -0.4 is 0 Å². The van der Waals surface area contributed by atoms with Crippen LogP contribution >= 0.6 is 0 Å². The number of ketones is 1. The molecule has 4 rings (SSSR count). The first-order valence-corrected chi connectivity index (χ1v) is 6.18. The van der Waals surface area contributed by atoms with Crippen LogP contribution in [-0.4, -0.2) is 28.8 Å². The van der Waals surface area contributed by atoms with Gasteiger partial charge in [-0.3, -0.25) is 9.78 Å². The topological polar surface area (TPSA) is 33.2 Å². The van der Waals surface area contributed by atoms with Crippen LogP contribution in [0.3, 0.4) is 0 Å². The molecule has 3 nitrogen and oxygen atoms in total. The molecule has 3 aliphatic heterocycles. The van der Waals surface area contributed by atoms with Crippen molar-refractivity contribution in [3.8, 4) is 0 Å². The van der Waals surface area contributed by atoms with E-state index in [1.54, 1.807) is 0 Å². The standard InChI is InChI=1S/C14H16N2O/c1-10-3-2-4-12(15-10)9-13-14(17)11-5-7-16(13)8-6-11/h2-4,9,11H,5-8H2,1H3/b13-9+. The molecule has 3 saturated heterocycles. The van der Waals surface area contributed by atoms with E-state index in [1.807, 2.05) is 31.2 Å². The number of hydrogen-bond acceptors (Lipinski definition) is 3. The van der Waals surface area contributed by atoms with E-state index in [-0.39, 0.29) is 5.92 Å². The molecule has 1 aromatic heterocycles. The Morgan fingerprint density at radius 3 is 2.76 bits per heavy atom. The van der Waals surface area contributed by atoms with E-state index < -0.39 is 0 Å². The number of carbonyl (C=O) groups excluding carboxylic acids is 1. The molecule has 0 atom stereocenters. The molecule has 0 unspecified atom stereocenters. The summed E-state index contributed by atoms with van der Waals surface area (Å²) in [5, 5.41) is 0. The molecular formula is C14H16N2O. The number of piperidine rings is 3. The second kappa shape index (κ2) is 3.99. The number of Topliss-reactive ketones (excluding diaryl/α,β-unsaturated/α-hetero) is 1. The average molecular weight is 228 g/mol. The summed E-state index contributed by atoms with van der Waals surface area (Å²) in [6.07, 6.45) is 4.00. The Balaban J connectivity index is 1.95. The Kier molecular flexibility index (Phi) is 2.46. The van der Waals surface area contributed by atoms with Crippen LogP contribution in [0.4, 0.5) is 0 Å². The number of allylic oxidation sites excluding steroid dienone is 1. The van der Waals surface area contributed by atoms with E-state index in [1.165, 1.54) is 0 Å². The molecule has 0 radical (unpaired) electrons. The highest BCUT2D eigenvalue weighted by atomic mass is 16.1. The third-order valence-electron chi connectivity index (χ3n) is 3.65. The largest absolute Gasteiger partial charge is 0.369 e. The van der Waals surface area contributed by atoms with Crippen molar-refractivity contribution in [3.63, 3.8) is 0 Å². The molecule has 0 N–H and O–H groups in total. The van der Waals surface area contributed by atoms with Gasteiger partial charge in [0.1, 0.15) is 0 Å². The Morgan fingerprint density at radius 1 is 1.35 bits per heavy atom. The fourth-order valence-electron chi connectivity index (χ4n) is 2.69. The van der Waals surface area contributed by atoms with Gasteiger partial charge in [-0.25, -0.2) is 0 Å². The lowest BCUT2D eigenvalue weighted by molar-refractivity contribution is -0.125. The lowest BCUT2D eigenvalue weighted by atomic mass is 9.84. The maximum Gasteiger partial charge on any atom is 0.182 e. The number of rotatable bonds is 1. The van der Waals surface area contributed by atoms with Crippen LogP contribution in [0, 0.1) is 12.8 Å². The molecule has 2 bridgehead atoms. The number of fused-ring (bicyclic) bond motifs is 3. The highest BCUT2D eigenvalue weighted by Crippen LogP contribution is 2.32. The quantitative estimate of drug-likeness (QED) is 0.689. The molecular weight excluding hydrogens is 212 g/mol. The van der Waals surface area contributed by atoms with Crippen LogP contribution in [-0.2, 0) is 4.79 Å². The van der Waals surface area contributed by atoms with Crippen LogP contribution in [0.25, 0.3) is 6.08 Å². The number of aromatic nitrogens is 1. The third kappa shape index (κ3) is 1.86. The fraction of sp³-hybridized carbons (Fsp3) is 0.429. The lowest BCUT2D eigenvalue weighted by Crippen LogP contribution is -2.45. The highest BCUT2D eigenvalue weighted by molar-refractivity contribution is 6.01. The molecule has 0 aromatic carbocycles. The summed E-state index contributed by atoms with van der Waals surface area (Å²) < 4.78 is 0. The smallest absolute Gasteiger partial charge is 0.182 e. The minimum absolute atomic E-state index is 0.260. The van der Waals surface area contributed by atoms with Crippen LogP contribution in [0.1, 0.15) is 24.2 Å². The molecule has 17 heavy (non-hydrogen) atoms. The second-order valence-electron chi connectivity index (χ2n) is 4.86. The number of nitrogens with zero attached hydrogens (tertiary/aromatic N) is 2. The number of pyridine rings is 1. The van der Waals surface area contributed by atoms with E-state index in [9.17, 15) is 4.79 Å². The maximum absolute atomic E-state index is 12.1. The third-order valence-corrected chi connectivity index (χ3v) is 3.65. The molecule has 3 heteroatoms. The zero-order valence-corrected chi connectivity index (χ0v) is 10.0. The molecule has 3 aliphatic rings. The van der Waals surface area contributed by atoms with Gasteiger partial charge in [0.15, 0.2) is 5.78 Å². The van der Waals surface area contributed by atoms with Crippen molar-refractivity contribution in [1.29, 1.82) is 0 Å². The van der Waals surface area contributed by atoms with E-state index in [2.05, 4.69) is 9.88 Å². The van der Waals surface area contributed by atoms with Gasteiger partial charge in [-0.2, -0.15) is 0 Å². The maximum atomic E-state index is 12.1. The lowest BCUT2D eigenvalue weighted by Gasteiger charge is -2.41. The molecule has 3 fully saturated rings. The van der Waals surface area contributed by atoms with Gasteiger partial charge in [-0.05, 0) is 38.0 Å². The van der Waals surface area contributed by atoms with Crippen molar-refractivity contribution in [1.82, 2.24) is 9.88 Å². The normalized spacial score (nSPS) is 22.5. The van der Waals surface area contributed by atoms with Gasteiger partial charge in [-0.15, -0.1) is 0 Å². The van der Waals surface area contributed by atoms with Gasteiger partial charge < -0.3 is 4.90 Å². The van der Waals surface area contributed by atoms with Crippen molar-refractivity contribution in [2.24, 2.45) is 5.92 Å². The molecule has 0 spiro atoms. The minimum atomic E-state index is 0.260. The predicted octanol–water partition coefficient (Wildman–Crippen LogP) is 2.03. The monoisotopic (exact) mass is 228 g/mol. The van der Waals surface area contributed by atoms with Crippen LogP contribution in [0.5, 0.6) is 0 Å². The Labute approximate surface area is 101 Å². The summed E-state index contributed by atoms with van der Waals surface area (Å²) in [7, 11) is 0. The number of hydrogen-bond donors (Lipinski definition) is 0. The Morgan fingerprint density at radius 2 is 2.12 bits per heavy atom. The van der Waals surface area contributed by atoms with Crippen molar-refractivity contribution in [2.45, 2.75) is 19.8 Å². The minimum Gasteiger partial charge on any atom is -0.369 e. The Hall–Kier alpha value is -1.64. The SMILES string of the molecule is Cc1cccc(/C=C2\C(=O)C3CCN2CC3)n1. The van der Waals surface area contributed by atoms with Gasteiger partial charge >= 0.3 is 0 Å². The summed E-state index contributed by atoms with van der Waals surface area (Å²) in [6.45, 7) is 4.01. The Bertz CT molecular complexity index is 485. The van der Waals surface area contributed by atoms with Gasteiger partial charge in [-0.1, -0.05) is 6.07 Å². The number of aryl methyl sites for hydroxylation is 1. The van der Waals surface area contributed by atoms with Crippen LogP contribution in [0.2, 0.25) is 0 Å². The van der Waals surface area contributed by atoms with Gasteiger partial charge in [0.05, 0.1) is 11.4 Å². The molecule has 0 saturated carbocycles. The molecule has 4 heterocycles. The molecule has 88 valence electrons. The number of carbonyl (C=O) groups is 1. The van der Waals surface area contributed by atoms with E-state index in [0.29, 0.717) is 5.78 Å². The van der Waals surface area contributed by atoms with Gasteiger partial charge in [0.25, 0.3) is 0 Å². The summed E-state index contributed by atoms with van der Waals surface area (Å²) in [4.78, 5) is 18.8. The summed E-state index contributed by atoms with van der Waals surface area (Å²) in [5.41, 5.74) is 2.74. The van der Waals surface area contributed by atoms with Gasteiger partial charge in [0.2, 0.25) is 0 Å². The molecule has 0 amide bonds. The zero-order chi connectivity index (χ0) is 11.8. The van der Waals surface area contributed by atoms with Crippen molar-refractivity contribution < 1.29 is 4.79 Å². The predicted molar refractivity (Wildman–Crippen MR) is 66.3 cm³/mol. The highest BCUT2D eigenvalue weighted by Gasteiger charge is 2.36. The second-order valence-corrected chi connectivity index (χ2v) is 4.86. The summed E-state index contributed by atoms with van der Waals surface area (Å²) in [5.74, 6) is 0.571. The zero-order valence-electron chi connectivity index (χ0n) is 10.0. The summed E-state index contributed by atoms with van der Waals surface area (Å²) in [6, 6.07) is 5.91. The van der Waals surface area contributed by atoms with Crippen molar-refractivity contribution >= 4 is 11.9 Å². The van der Waals surface area contributed by atoms with Crippen molar-refractivity contribution in [3.05, 3.63) is 35.3 Å². The van der Waals surface area contributed by atoms with E-state index in [0.717, 1.165) is 43.0 Å². The van der Waals surface area contributed by atoms with E-state index in [4.69, 9.17) is 0 Å². The fourth-order valence-corrected chi connectivity index (χ4v) is 2.69. The molecule has 0 aliphatic carbocycles. The van der Waals surface area contributed by atoms with Gasteiger partial charge in [0, 0.05) is 24.7 Å². The first kappa shape index (κ1) is 10.5. The van der Waals surface area contributed by atoms with Crippen LogP contribution in [0.15, 0.2) is 23.9 Å².